The second kappa shape index (κ2) is 6.72. The monoisotopic (exact) mass is 279 g/mol. The van der Waals surface area contributed by atoms with Gasteiger partial charge in [-0.05, 0) is 19.9 Å². The van der Waals surface area contributed by atoms with Crippen LogP contribution in [0.15, 0.2) is 23.1 Å². The molecule has 0 aliphatic rings. The molecule has 1 rings (SSSR count). The summed E-state index contributed by atoms with van der Waals surface area (Å²) in [5.41, 5.74) is -1.41. The van der Waals surface area contributed by atoms with Crippen LogP contribution in [0.5, 0.6) is 0 Å². The van der Waals surface area contributed by atoms with E-state index in [0.717, 1.165) is 22.9 Å². The third-order valence-corrected chi connectivity index (χ3v) is 2.36. The van der Waals surface area contributed by atoms with Crippen LogP contribution in [0.25, 0.3) is 0 Å². The third-order valence-electron chi connectivity index (χ3n) is 2.36. The van der Waals surface area contributed by atoms with E-state index in [0.29, 0.717) is 13.2 Å². The molecule has 0 unspecified atom stereocenters. The highest BCUT2D eigenvalue weighted by Crippen LogP contribution is 2.28. The minimum absolute atomic E-state index is 0.0789. The Labute approximate surface area is 108 Å². The molecular weight excluding hydrogens is 263 g/mol. The van der Waals surface area contributed by atoms with E-state index in [1.54, 1.807) is 13.8 Å². The molecule has 0 bridgehead atoms. The summed E-state index contributed by atoms with van der Waals surface area (Å²) in [7, 11) is 0. The molecule has 1 heterocycles. The summed E-state index contributed by atoms with van der Waals surface area (Å²) in [5.74, 6) is 0. The molecule has 1 aromatic heterocycles. The maximum absolute atomic E-state index is 12.6. The summed E-state index contributed by atoms with van der Waals surface area (Å²) in [4.78, 5) is 11.5. The van der Waals surface area contributed by atoms with Gasteiger partial charge in [0, 0.05) is 25.5 Å². The van der Waals surface area contributed by atoms with Gasteiger partial charge in [0.1, 0.15) is 0 Å². The Morgan fingerprint density at radius 3 is 2.26 bits per heavy atom. The number of aromatic nitrogens is 1. The molecule has 7 heteroatoms. The number of alkyl halides is 3. The van der Waals surface area contributed by atoms with Crippen molar-refractivity contribution in [1.82, 2.24) is 4.57 Å². The first-order valence-corrected chi connectivity index (χ1v) is 5.89. The van der Waals surface area contributed by atoms with Crippen LogP contribution in [0.2, 0.25) is 0 Å². The van der Waals surface area contributed by atoms with Gasteiger partial charge < -0.3 is 14.0 Å². The highest BCUT2D eigenvalue weighted by atomic mass is 19.4. The van der Waals surface area contributed by atoms with Crippen molar-refractivity contribution in [2.24, 2.45) is 0 Å². The number of nitrogens with zero attached hydrogens (tertiary/aromatic N) is 1. The number of rotatable bonds is 6. The van der Waals surface area contributed by atoms with Crippen molar-refractivity contribution in [2.75, 3.05) is 13.2 Å². The van der Waals surface area contributed by atoms with Gasteiger partial charge in [0.25, 0.3) is 5.56 Å². The molecule has 0 aliphatic carbocycles. The minimum atomic E-state index is -4.48. The van der Waals surface area contributed by atoms with E-state index in [4.69, 9.17) is 9.47 Å². The molecule has 0 radical (unpaired) electrons. The number of hydrogen-bond donors (Lipinski definition) is 0. The Balaban J connectivity index is 2.95. The summed E-state index contributed by atoms with van der Waals surface area (Å²) in [6.07, 6.45) is -4.45. The fourth-order valence-corrected chi connectivity index (χ4v) is 1.53. The van der Waals surface area contributed by atoms with Crippen molar-refractivity contribution in [3.05, 3.63) is 34.2 Å². The maximum atomic E-state index is 12.6. The van der Waals surface area contributed by atoms with Gasteiger partial charge in [-0.3, -0.25) is 4.79 Å². The van der Waals surface area contributed by atoms with E-state index in [1.807, 2.05) is 0 Å². The predicted molar refractivity (Wildman–Crippen MR) is 62.7 cm³/mol. The van der Waals surface area contributed by atoms with Crippen LogP contribution in [0, 0.1) is 0 Å². The molecule has 0 aromatic carbocycles. The van der Waals surface area contributed by atoms with Crippen molar-refractivity contribution in [2.45, 2.75) is 32.9 Å². The Morgan fingerprint density at radius 2 is 1.79 bits per heavy atom. The lowest BCUT2D eigenvalue weighted by molar-refractivity contribution is -0.146. The first-order valence-electron chi connectivity index (χ1n) is 5.89. The SMILES string of the molecule is CCOC(Cn1cc(C(F)(F)F)ccc1=O)OCC. The second-order valence-corrected chi connectivity index (χ2v) is 3.75. The molecule has 0 spiro atoms. The van der Waals surface area contributed by atoms with Gasteiger partial charge in [-0.2, -0.15) is 13.2 Å². The predicted octanol–water partition coefficient (Wildman–Crippen LogP) is 2.27. The van der Waals surface area contributed by atoms with Gasteiger partial charge in [0.15, 0.2) is 6.29 Å². The van der Waals surface area contributed by atoms with Crippen molar-refractivity contribution < 1.29 is 22.6 Å². The molecule has 0 fully saturated rings. The largest absolute Gasteiger partial charge is 0.417 e. The van der Waals surface area contributed by atoms with Crippen LogP contribution >= 0.6 is 0 Å². The highest BCUT2D eigenvalue weighted by molar-refractivity contribution is 5.13. The Kier molecular flexibility index (Phi) is 5.56. The highest BCUT2D eigenvalue weighted by Gasteiger charge is 2.31. The summed E-state index contributed by atoms with van der Waals surface area (Å²) in [5, 5.41) is 0. The van der Waals surface area contributed by atoms with E-state index in [9.17, 15) is 18.0 Å². The van der Waals surface area contributed by atoms with Crippen molar-refractivity contribution in [3.63, 3.8) is 0 Å². The summed E-state index contributed by atoms with van der Waals surface area (Å²) in [6.45, 7) is 4.09. The summed E-state index contributed by atoms with van der Waals surface area (Å²) >= 11 is 0. The topological polar surface area (TPSA) is 40.5 Å². The first-order chi connectivity index (χ1) is 8.88. The lowest BCUT2D eigenvalue weighted by Gasteiger charge is -2.18. The van der Waals surface area contributed by atoms with E-state index in [-0.39, 0.29) is 6.54 Å². The zero-order valence-corrected chi connectivity index (χ0v) is 10.7. The van der Waals surface area contributed by atoms with Crippen LogP contribution in [-0.4, -0.2) is 24.1 Å². The smallest absolute Gasteiger partial charge is 0.351 e. The van der Waals surface area contributed by atoms with Gasteiger partial charge >= 0.3 is 6.18 Å². The molecule has 1 aromatic rings. The third kappa shape index (κ3) is 4.68. The van der Waals surface area contributed by atoms with E-state index < -0.39 is 23.6 Å². The fourth-order valence-electron chi connectivity index (χ4n) is 1.53. The number of halogens is 3. The molecule has 0 atom stereocenters. The Bertz CT molecular complexity index is 450. The van der Waals surface area contributed by atoms with Gasteiger partial charge in [-0.25, -0.2) is 0 Å². The first kappa shape index (κ1) is 15.7. The quantitative estimate of drug-likeness (QED) is 0.750. The van der Waals surface area contributed by atoms with Crippen LogP contribution in [0.3, 0.4) is 0 Å². The molecule has 108 valence electrons. The van der Waals surface area contributed by atoms with Crippen molar-refractivity contribution in [3.8, 4) is 0 Å². The lowest BCUT2D eigenvalue weighted by Crippen LogP contribution is -2.30. The average Bonchev–Trinajstić information content (AvgIpc) is 2.31. The van der Waals surface area contributed by atoms with Crippen molar-refractivity contribution in [1.29, 1.82) is 0 Å². The number of ether oxygens (including phenoxy) is 2. The molecule has 0 saturated heterocycles. The zero-order valence-electron chi connectivity index (χ0n) is 10.7. The van der Waals surface area contributed by atoms with Crippen LogP contribution < -0.4 is 5.56 Å². The number of hydrogen-bond acceptors (Lipinski definition) is 3. The normalized spacial score (nSPS) is 12.1. The Hall–Kier alpha value is -1.34. The maximum Gasteiger partial charge on any atom is 0.417 e. The van der Waals surface area contributed by atoms with E-state index in [1.165, 1.54) is 0 Å². The Morgan fingerprint density at radius 1 is 1.21 bits per heavy atom. The molecule has 0 N–H and O–H groups in total. The van der Waals surface area contributed by atoms with E-state index >= 15 is 0 Å². The molecule has 0 amide bonds. The van der Waals surface area contributed by atoms with Crippen LogP contribution in [0.4, 0.5) is 13.2 Å². The average molecular weight is 279 g/mol. The van der Waals surface area contributed by atoms with Gasteiger partial charge in [-0.15, -0.1) is 0 Å². The van der Waals surface area contributed by atoms with Gasteiger partial charge in [0.05, 0.1) is 12.1 Å². The second-order valence-electron chi connectivity index (χ2n) is 3.75. The fraction of sp³-hybridized carbons (Fsp3) is 0.583. The lowest BCUT2D eigenvalue weighted by atomic mass is 10.3. The molecule has 19 heavy (non-hydrogen) atoms. The molecule has 0 saturated carbocycles. The summed E-state index contributed by atoms with van der Waals surface area (Å²) < 4.78 is 49.0. The van der Waals surface area contributed by atoms with Crippen molar-refractivity contribution >= 4 is 0 Å². The van der Waals surface area contributed by atoms with Gasteiger partial charge in [-0.1, -0.05) is 0 Å². The van der Waals surface area contributed by atoms with Gasteiger partial charge in [0.2, 0.25) is 0 Å². The summed E-state index contributed by atoms with van der Waals surface area (Å²) in [6, 6.07) is 1.65. The molecule has 4 nitrogen and oxygen atoms in total. The van der Waals surface area contributed by atoms with Crippen LogP contribution in [0.1, 0.15) is 19.4 Å². The van der Waals surface area contributed by atoms with Crippen LogP contribution in [-0.2, 0) is 22.2 Å². The zero-order chi connectivity index (χ0) is 14.5. The standard InChI is InChI=1S/C12H16F3NO3/c1-3-18-11(19-4-2)8-16-7-9(12(13,14)15)5-6-10(16)17/h5-7,11H,3-4,8H2,1-2H3. The van der Waals surface area contributed by atoms with E-state index in [2.05, 4.69) is 0 Å². The molecule has 0 aliphatic heterocycles. The number of pyridine rings is 1. The minimum Gasteiger partial charge on any atom is -0.351 e. The molecular formula is C12H16F3NO3.